The minimum Gasteiger partial charge on any atom is -0.465 e. The van der Waals surface area contributed by atoms with Crippen LogP contribution in [0.1, 0.15) is 35.2 Å². The number of esters is 1. The molecule has 0 spiro atoms. The van der Waals surface area contributed by atoms with Gasteiger partial charge in [-0.2, -0.15) is 0 Å². The predicted molar refractivity (Wildman–Crippen MR) is 74.9 cm³/mol. The third-order valence-electron chi connectivity index (χ3n) is 3.75. The summed E-state index contributed by atoms with van der Waals surface area (Å²) in [5.74, 6) is -0.282. The number of nitrogens with two attached hydrogens (primary N) is 1. The molecule has 1 atom stereocenters. The molecule has 0 aliphatic carbocycles. The first-order valence-electron chi connectivity index (χ1n) is 6.86. The van der Waals surface area contributed by atoms with Crippen molar-refractivity contribution in [2.24, 2.45) is 5.73 Å². The number of hydrogen-bond donors (Lipinski definition) is 1. The molecule has 1 unspecified atom stereocenters. The third kappa shape index (κ3) is 3.55. The standard InChI is InChI=1S/C15H22N2O2/c1-19-15(18)13-6-4-5-12(9-13)11-17-8-3-2-7-14(17)10-16/h4-6,9,14H,2-3,7-8,10-11,16H2,1H3. The van der Waals surface area contributed by atoms with Crippen molar-refractivity contribution in [1.29, 1.82) is 0 Å². The molecule has 1 saturated heterocycles. The van der Waals surface area contributed by atoms with Crippen LogP contribution in [0, 0.1) is 0 Å². The summed E-state index contributed by atoms with van der Waals surface area (Å²) >= 11 is 0. The van der Waals surface area contributed by atoms with Crippen LogP contribution in [-0.2, 0) is 11.3 Å². The van der Waals surface area contributed by atoms with Crippen molar-refractivity contribution < 1.29 is 9.53 Å². The molecule has 1 fully saturated rings. The second-order valence-corrected chi connectivity index (χ2v) is 5.05. The van der Waals surface area contributed by atoms with Gasteiger partial charge in [-0.25, -0.2) is 4.79 Å². The van der Waals surface area contributed by atoms with E-state index in [1.807, 2.05) is 12.1 Å². The van der Waals surface area contributed by atoms with Gasteiger partial charge in [0.05, 0.1) is 12.7 Å². The van der Waals surface area contributed by atoms with E-state index in [0.717, 1.165) is 18.7 Å². The van der Waals surface area contributed by atoms with Crippen LogP contribution in [0.25, 0.3) is 0 Å². The average Bonchev–Trinajstić information content (AvgIpc) is 2.47. The highest BCUT2D eigenvalue weighted by Crippen LogP contribution is 2.19. The number of rotatable bonds is 4. The first-order valence-corrected chi connectivity index (χ1v) is 6.86. The van der Waals surface area contributed by atoms with Crippen molar-refractivity contribution >= 4 is 5.97 Å². The summed E-state index contributed by atoms with van der Waals surface area (Å²) < 4.78 is 4.75. The Balaban J connectivity index is 2.07. The molecule has 1 heterocycles. The fraction of sp³-hybridized carbons (Fsp3) is 0.533. The lowest BCUT2D eigenvalue weighted by molar-refractivity contribution is 0.0600. The summed E-state index contributed by atoms with van der Waals surface area (Å²) in [4.78, 5) is 13.9. The molecule has 19 heavy (non-hydrogen) atoms. The van der Waals surface area contributed by atoms with Crippen LogP contribution in [0.4, 0.5) is 0 Å². The van der Waals surface area contributed by atoms with Crippen LogP contribution < -0.4 is 5.73 Å². The average molecular weight is 262 g/mol. The number of piperidine rings is 1. The van der Waals surface area contributed by atoms with Crippen molar-refractivity contribution in [2.45, 2.75) is 31.8 Å². The van der Waals surface area contributed by atoms with E-state index >= 15 is 0 Å². The quantitative estimate of drug-likeness (QED) is 0.840. The zero-order valence-electron chi connectivity index (χ0n) is 11.5. The lowest BCUT2D eigenvalue weighted by Crippen LogP contribution is -2.43. The molecule has 0 saturated carbocycles. The zero-order valence-corrected chi connectivity index (χ0v) is 11.5. The van der Waals surface area contributed by atoms with Crippen molar-refractivity contribution in [3.05, 3.63) is 35.4 Å². The first kappa shape index (κ1) is 14.0. The Kier molecular flexibility index (Phi) is 4.93. The SMILES string of the molecule is COC(=O)c1cccc(CN2CCCCC2CN)c1. The summed E-state index contributed by atoms with van der Waals surface area (Å²) in [6, 6.07) is 8.12. The molecule has 1 aliphatic heterocycles. The van der Waals surface area contributed by atoms with Crippen molar-refractivity contribution in [3.8, 4) is 0 Å². The van der Waals surface area contributed by atoms with Crippen LogP contribution >= 0.6 is 0 Å². The summed E-state index contributed by atoms with van der Waals surface area (Å²) in [5.41, 5.74) is 7.59. The third-order valence-corrected chi connectivity index (χ3v) is 3.75. The van der Waals surface area contributed by atoms with Crippen LogP contribution in [-0.4, -0.2) is 37.1 Å². The molecule has 1 aliphatic rings. The van der Waals surface area contributed by atoms with Crippen LogP contribution in [0.5, 0.6) is 0 Å². The molecule has 0 amide bonds. The number of benzene rings is 1. The van der Waals surface area contributed by atoms with E-state index in [1.165, 1.54) is 26.4 Å². The van der Waals surface area contributed by atoms with Gasteiger partial charge in [0.25, 0.3) is 0 Å². The number of hydrogen-bond acceptors (Lipinski definition) is 4. The van der Waals surface area contributed by atoms with E-state index in [2.05, 4.69) is 11.0 Å². The van der Waals surface area contributed by atoms with Gasteiger partial charge in [-0.05, 0) is 37.1 Å². The lowest BCUT2D eigenvalue weighted by Gasteiger charge is -2.35. The van der Waals surface area contributed by atoms with E-state index in [4.69, 9.17) is 10.5 Å². The molecule has 0 bridgehead atoms. The predicted octanol–water partition coefficient (Wildman–Crippen LogP) is 1.79. The highest BCUT2D eigenvalue weighted by Gasteiger charge is 2.21. The second kappa shape index (κ2) is 6.68. The molecule has 4 heteroatoms. The van der Waals surface area contributed by atoms with Crippen LogP contribution in [0.15, 0.2) is 24.3 Å². The van der Waals surface area contributed by atoms with Gasteiger partial charge in [0.15, 0.2) is 0 Å². The zero-order chi connectivity index (χ0) is 13.7. The summed E-state index contributed by atoms with van der Waals surface area (Å²) in [6.07, 6.45) is 3.67. The number of ether oxygens (including phenoxy) is 1. The van der Waals surface area contributed by atoms with Crippen molar-refractivity contribution in [2.75, 3.05) is 20.2 Å². The monoisotopic (exact) mass is 262 g/mol. The van der Waals surface area contributed by atoms with Crippen molar-refractivity contribution in [1.82, 2.24) is 4.90 Å². The Labute approximate surface area is 114 Å². The Morgan fingerprint density at radius 3 is 3.05 bits per heavy atom. The van der Waals surface area contributed by atoms with E-state index in [1.54, 1.807) is 6.07 Å². The van der Waals surface area contributed by atoms with Crippen molar-refractivity contribution in [3.63, 3.8) is 0 Å². The van der Waals surface area contributed by atoms with E-state index < -0.39 is 0 Å². The molecule has 2 rings (SSSR count). The highest BCUT2D eigenvalue weighted by atomic mass is 16.5. The Bertz CT molecular complexity index is 434. The van der Waals surface area contributed by atoms with E-state index in [-0.39, 0.29) is 5.97 Å². The number of likely N-dealkylation sites (tertiary alicyclic amines) is 1. The fourth-order valence-corrected chi connectivity index (χ4v) is 2.68. The first-order chi connectivity index (χ1) is 9.24. The van der Waals surface area contributed by atoms with Gasteiger partial charge >= 0.3 is 5.97 Å². The largest absolute Gasteiger partial charge is 0.465 e. The topological polar surface area (TPSA) is 55.6 Å². The second-order valence-electron chi connectivity index (χ2n) is 5.05. The van der Waals surface area contributed by atoms with Gasteiger partial charge in [0.2, 0.25) is 0 Å². The fourth-order valence-electron chi connectivity index (χ4n) is 2.68. The maximum atomic E-state index is 11.5. The maximum Gasteiger partial charge on any atom is 0.337 e. The van der Waals surface area contributed by atoms with Gasteiger partial charge in [0.1, 0.15) is 0 Å². The molecule has 2 N–H and O–H groups in total. The van der Waals surface area contributed by atoms with Gasteiger partial charge < -0.3 is 10.5 Å². The molecular formula is C15H22N2O2. The molecule has 4 nitrogen and oxygen atoms in total. The van der Waals surface area contributed by atoms with Crippen LogP contribution in [0.2, 0.25) is 0 Å². The van der Waals surface area contributed by atoms with Gasteiger partial charge in [-0.15, -0.1) is 0 Å². The Morgan fingerprint density at radius 1 is 1.47 bits per heavy atom. The number of nitrogens with zero attached hydrogens (tertiary/aromatic N) is 1. The van der Waals surface area contributed by atoms with Gasteiger partial charge in [-0.3, -0.25) is 4.90 Å². The minimum absolute atomic E-state index is 0.282. The summed E-state index contributed by atoms with van der Waals surface area (Å²) in [5, 5.41) is 0. The normalized spacial score (nSPS) is 20.2. The summed E-state index contributed by atoms with van der Waals surface area (Å²) in [7, 11) is 1.41. The van der Waals surface area contributed by atoms with Gasteiger partial charge in [-0.1, -0.05) is 18.6 Å². The molecule has 1 aromatic rings. The van der Waals surface area contributed by atoms with Crippen LogP contribution in [0.3, 0.4) is 0 Å². The molecule has 0 aromatic heterocycles. The molecular weight excluding hydrogens is 240 g/mol. The Morgan fingerprint density at radius 2 is 2.32 bits per heavy atom. The lowest BCUT2D eigenvalue weighted by atomic mass is 10.0. The Hall–Kier alpha value is -1.39. The minimum atomic E-state index is -0.282. The number of carbonyl (C=O) groups excluding carboxylic acids is 1. The van der Waals surface area contributed by atoms with E-state index in [0.29, 0.717) is 18.2 Å². The van der Waals surface area contributed by atoms with Gasteiger partial charge in [0, 0.05) is 19.1 Å². The summed E-state index contributed by atoms with van der Waals surface area (Å²) in [6.45, 7) is 2.65. The van der Waals surface area contributed by atoms with E-state index in [9.17, 15) is 4.79 Å². The molecule has 0 radical (unpaired) electrons. The molecule has 104 valence electrons. The number of carbonyl (C=O) groups is 1. The smallest absolute Gasteiger partial charge is 0.337 e. The maximum absolute atomic E-state index is 11.5. The number of methoxy groups -OCH3 is 1. The molecule has 1 aromatic carbocycles. The highest BCUT2D eigenvalue weighted by molar-refractivity contribution is 5.89.